The van der Waals surface area contributed by atoms with Crippen molar-refractivity contribution >= 4 is 21.9 Å². The third kappa shape index (κ3) is 1.56. The fourth-order valence-corrected chi connectivity index (χ4v) is 2.52. The molecule has 14 heavy (non-hydrogen) atoms. The summed E-state index contributed by atoms with van der Waals surface area (Å²) in [6.45, 7) is 0. The summed E-state index contributed by atoms with van der Waals surface area (Å²) in [6, 6.07) is 0. The lowest BCUT2D eigenvalue weighted by Crippen LogP contribution is -2.04. The van der Waals surface area contributed by atoms with Crippen LogP contribution in [0.5, 0.6) is 0 Å². The average molecular weight is 259 g/mol. The number of nitrogens with zero attached hydrogens (tertiary/aromatic N) is 1. The minimum Gasteiger partial charge on any atom is -0.478 e. The molecule has 4 nitrogen and oxygen atoms in total. The van der Waals surface area contributed by atoms with Crippen LogP contribution in [0.1, 0.15) is 47.7 Å². The van der Waals surface area contributed by atoms with Crippen LogP contribution in [-0.4, -0.2) is 21.3 Å². The second kappa shape index (κ2) is 3.73. The Bertz CT molecular complexity index is 356. The van der Waals surface area contributed by atoms with Crippen LogP contribution in [0.15, 0.2) is 4.60 Å². The molecule has 0 saturated heterocycles. The minimum atomic E-state index is -0.910. The first-order valence-electron chi connectivity index (χ1n) is 4.67. The standard InChI is InChI=1S/C9H11BrN2O2/c10-8-6(9(13)14)7(11-12-8)5-3-1-2-4-5/h5H,1-4H2,(H,11,12)(H,13,14). The van der Waals surface area contributed by atoms with Crippen LogP contribution < -0.4 is 0 Å². The Morgan fingerprint density at radius 2 is 2.14 bits per heavy atom. The van der Waals surface area contributed by atoms with Gasteiger partial charge in [-0.2, -0.15) is 5.10 Å². The van der Waals surface area contributed by atoms with E-state index in [9.17, 15) is 4.79 Å². The summed E-state index contributed by atoms with van der Waals surface area (Å²) >= 11 is 3.14. The van der Waals surface area contributed by atoms with Crippen LogP contribution in [-0.2, 0) is 0 Å². The Morgan fingerprint density at radius 3 is 2.71 bits per heavy atom. The molecule has 0 aliphatic heterocycles. The molecule has 0 atom stereocenters. The van der Waals surface area contributed by atoms with Crippen LogP contribution in [0.4, 0.5) is 0 Å². The van der Waals surface area contributed by atoms with Crippen LogP contribution in [0.25, 0.3) is 0 Å². The number of aromatic nitrogens is 2. The summed E-state index contributed by atoms with van der Waals surface area (Å²) in [6.07, 6.45) is 4.49. The van der Waals surface area contributed by atoms with Gasteiger partial charge in [-0.15, -0.1) is 0 Å². The van der Waals surface area contributed by atoms with E-state index in [1.165, 1.54) is 12.8 Å². The number of aromatic carboxylic acids is 1. The van der Waals surface area contributed by atoms with Crippen molar-refractivity contribution in [1.82, 2.24) is 10.2 Å². The Balaban J connectivity index is 2.37. The van der Waals surface area contributed by atoms with E-state index in [0.717, 1.165) is 18.5 Å². The lowest BCUT2D eigenvalue weighted by Gasteiger charge is -2.06. The highest BCUT2D eigenvalue weighted by atomic mass is 79.9. The number of rotatable bonds is 2. The van der Waals surface area contributed by atoms with E-state index >= 15 is 0 Å². The maximum Gasteiger partial charge on any atom is 0.340 e. The molecule has 2 N–H and O–H groups in total. The van der Waals surface area contributed by atoms with Crippen molar-refractivity contribution < 1.29 is 9.90 Å². The SMILES string of the molecule is O=C(O)c1c(Br)n[nH]c1C1CCCC1. The monoisotopic (exact) mass is 258 g/mol. The maximum atomic E-state index is 11.0. The van der Waals surface area contributed by atoms with Crippen molar-refractivity contribution in [1.29, 1.82) is 0 Å². The number of halogens is 1. The summed E-state index contributed by atoms with van der Waals surface area (Å²) in [4.78, 5) is 11.0. The molecule has 1 aliphatic carbocycles. The topological polar surface area (TPSA) is 66.0 Å². The zero-order valence-corrected chi connectivity index (χ0v) is 9.17. The van der Waals surface area contributed by atoms with Crippen molar-refractivity contribution in [3.05, 3.63) is 15.9 Å². The summed E-state index contributed by atoms with van der Waals surface area (Å²) in [7, 11) is 0. The van der Waals surface area contributed by atoms with E-state index in [1.54, 1.807) is 0 Å². The lowest BCUT2D eigenvalue weighted by molar-refractivity contribution is 0.0694. The number of carboxylic acids is 1. The third-order valence-corrected chi connectivity index (χ3v) is 3.30. The van der Waals surface area contributed by atoms with Gasteiger partial charge >= 0.3 is 5.97 Å². The first-order valence-corrected chi connectivity index (χ1v) is 5.46. The molecule has 0 radical (unpaired) electrons. The van der Waals surface area contributed by atoms with E-state index in [-0.39, 0.29) is 0 Å². The fourth-order valence-electron chi connectivity index (χ4n) is 2.05. The maximum absolute atomic E-state index is 11.0. The van der Waals surface area contributed by atoms with Gasteiger partial charge in [-0.3, -0.25) is 5.10 Å². The number of carboxylic acid groups (broad SMARTS) is 1. The molecular weight excluding hydrogens is 248 g/mol. The average Bonchev–Trinajstić information content (AvgIpc) is 2.70. The van der Waals surface area contributed by atoms with E-state index in [2.05, 4.69) is 26.1 Å². The molecule has 76 valence electrons. The summed E-state index contributed by atoms with van der Waals surface area (Å²) < 4.78 is 0.409. The predicted octanol–water partition coefficient (Wildman–Crippen LogP) is 2.53. The van der Waals surface area contributed by atoms with Gasteiger partial charge in [0.2, 0.25) is 0 Å². The second-order valence-electron chi connectivity index (χ2n) is 3.59. The quantitative estimate of drug-likeness (QED) is 0.857. The summed E-state index contributed by atoms with van der Waals surface area (Å²) in [5.41, 5.74) is 1.08. The molecule has 0 bridgehead atoms. The van der Waals surface area contributed by atoms with E-state index in [1.807, 2.05) is 0 Å². The molecule has 1 aromatic rings. The molecule has 2 rings (SSSR count). The Kier molecular flexibility index (Phi) is 2.58. The highest BCUT2D eigenvalue weighted by Gasteiger charge is 2.26. The first kappa shape index (κ1) is 9.71. The molecule has 0 aromatic carbocycles. The molecular formula is C9H11BrN2O2. The highest BCUT2D eigenvalue weighted by Crippen LogP contribution is 2.36. The van der Waals surface area contributed by atoms with Crippen LogP contribution in [0.2, 0.25) is 0 Å². The number of H-pyrrole nitrogens is 1. The third-order valence-electron chi connectivity index (χ3n) is 2.73. The van der Waals surface area contributed by atoms with E-state index in [4.69, 9.17) is 5.11 Å². The van der Waals surface area contributed by atoms with Gasteiger partial charge in [-0.25, -0.2) is 4.79 Å². The van der Waals surface area contributed by atoms with Crippen molar-refractivity contribution in [2.24, 2.45) is 0 Å². The molecule has 5 heteroatoms. The number of hydrogen-bond acceptors (Lipinski definition) is 2. The van der Waals surface area contributed by atoms with Gasteiger partial charge in [0.05, 0.1) is 5.69 Å². The van der Waals surface area contributed by atoms with Gasteiger partial charge in [-0.05, 0) is 28.8 Å². The number of aromatic amines is 1. The minimum absolute atomic E-state index is 0.303. The number of carbonyl (C=O) groups is 1. The Hall–Kier alpha value is -0.840. The lowest BCUT2D eigenvalue weighted by atomic mass is 10.0. The largest absolute Gasteiger partial charge is 0.478 e. The van der Waals surface area contributed by atoms with E-state index < -0.39 is 5.97 Å². The van der Waals surface area contributed by atoms with E-state index in [0.29, 0.717) is 16.1 Å². The number of nitrogens with one attached hydrogen (secondary N) is 1. The Morgan fingerprint density at radius 1 is 1.50 bits per heavy atom. The zero-order valence-electron chi connectivity index (χ0n) is 7.59. The molecule has 1 saturated carbocycles. The van der Waals surface area contributed by atoms with Gasteiger partial charge in [0.1, 0.15) is 10.2 Å². The van der Waals surface area contributed by atoms with Crippen LogP contribution in [0.3, 0.4) is 0 Å². The molecule has 1 heterocycles. The number of hydrogen-bond donors (Lipinski definition) is 2. The molecule has 0 amide bonds. The second-order valence-corrected chi connectivity index (χ2v) is 4.34. The van der Waals surface area contributed by atoms with Crippen molar-refractivity contribution in [3.63, 3.8) is 0 Å². The molecule has 0 spiro atoms. The normalized spacial score (nSPS) is 17.5. The van der Waals surface area contributed by atoms with Crippen molar-refractivity contribution in [2.75, 3.05) is 0 Å². The molecule has 1 fully saturated rings. The van der Waals surface area contributed by atoms with Gasteiger partial charge in [-0.1, -0.05) is 12.8 Å². The van der Waals surface area contributed by atoms with Gasteiger partial charge in [0.25, 0.3) is 0 Å². The summed E-state index contributed by atoms with van der Waals surface area (Å²) in [5.74, 6) is -0.563. The fraction of sp³-hybridized carbons (Fsp3) is 0.556. The first-order chi connectivity index (χ1) is 6.70. The Labute approximate surface area is 89.8 Å². The van der Waals surface area contributed by atoms with Crippen LogP contribution >= 0.6 is 15.9 Å². The van der Waals surface area contributed by atoms with Gasteiger partial charge < -0.3 is 5.11 Å². The molecule has 1 aromatic heterocycles. The zero-order chi connectivity index (χ0) is 10.1. The summed E-state index contributed by atoms with van der Waals surface area (Å²) in [5, 5.41) is 15.7. The smallest absolute Gasteiger partial charge is 0.340 e. The van der Waals surface area contributed by atoms with Gasteiger partial charge in [0.15, 0.2) is 0 Å². The highest BCUT2D eigenvalue weighted by molar-refractivity contribution is 9.10. The van der Waals surface area contributed by atoms with Gasteiger partial charge in [0, 0.05) is 5.92 Å². The van der Waals surface area contributed by atoms with Crippen molar-refractivity contribution in [2.45, 2.75) is 31.6 Å². The predicted molar refractivity (Wildman–Crippen MR) is 54.5 cm³/mol. The van der Waals surface area contributed by atoms with Crippen LogP contribution in [0, 0.1) is 0 Å². The molecule has 1 aliphatic rings. The van der Waals surface area contributed by atoms with Crippen molar-refractivity contribution in [3.8, 4) is 0 Å². The molecule has 0 unspecified atom stereocenters.